The minimum absolute atomic E-state index is 0.0205. The molecule has 2 atom stereocenters. The van der Waals surface area contributed by atoms with Gasteiger partial charge in [0.25, 0.3) is 0 Å². The molecule has 1 aromatic carbocycles. The van der Waals surface area contributed by atoms with Crippen molar-refractivity contribution in [2.75, 3.05) is 22.9 Å². The number of halogens is 2. The highest BCUT2D eigenvalue weighted by molar-refractivity contribution is 6.34. The molecule has 0 bridgehead atoms. The van der Waals surface area contributed by atoms with Crippen LogP contribution in [0.15, 0.2) is 24.3 Å². The molecule has 6 nitrogen and oxygen atoms in total. The Labute approximate surface area is 174 Å². The Morgan fingerprint density at radius 2 is 1.61 bits per heavy atom. The quantitative estimate of drug-likeness (QED) is 0.533. The molecule has 28 heavy (non-hydrogen) atoms. The summed E-state index contributed by atoms with van der Waals surface area (Å²) in [6.07, 6.45) is 0.356. The van der Waals surface area contributed by atoms with Gasteiger partial charge in [0.1, 0.15) is 5.15 Å². The Bertz CT molecular complexity index is 923. The van der Waals surface area contributed by atoms with Crippen LogP contribution >= 0.6 is 23.2 Å². The molecule has 2 aromatic rings. The molecule has 8 heteroatoms. The number of amides is 1. The van der Waals surface area contributed by atoms with Crippen LogP contribution in [0.5, 0.6) is 0 Å². The summed E-state index contributed by atoms with van der Waals surface area (Å²) in [7, 11) is 0. The van der Waals surface area contributed by atoms with E-state index in [1.165, 1.54) is 0 Å². The van der Waals surface area contributed by atoms with E-state index in [2.05, 4.69) is 28.7 Å². The van der Waals surface area contributed by atoms with E-state index in [0.717, 1.165) is 24.5 Å². The first kappa shape index (κ1) is 19.4. The maximum absolute atomic E-state index is 13.2. The average molecular weight is 421 g/mol. The summed E-state index contributed by atoms with van der Waals surface area (Å²) < 4.78 is 5.81. The highest BCUT2D eigenvalue weighted by atomic mass is 35.5. The van der Waals surface area contributed by atoms with Crippen LogP contribution in [-0.4, -0.2) is 41.2 Å². The molecular formula is C20H22Cl2N4O2. The summed E-state index contributed by atoms with van der Waals surface area (Å²) in [5.74, 6) is 0.337. The Kier molecular flexibility index (Phi) is 4.76. The van der Waals surface area contributed by atoms with Crippen LogP contribution < -0.4 is 9.80 Å². The van der Waals surface area contributed by atoms with Crippen molar-refractivity contribution in [2.24, 2.45) is 0 Å². The fraction of sp³-hybridized carbons (Fsp3) is 0.450. The number of benzene rings is 1. The molecular weight excluding hydrogens is 399 g/mol. The topological polar surface area (TPSA) is 58.6 Å². The highest BCUT2D eigenvalue weighted by Crippen LogP contribution is 2.47. The van der Waals surface area contributed by atoms with Gasteiger partial charge in [-0.15, -0.1) is 0 Å². The molecule has 0 unspecified atom stereocenters. The number of fused-ring (bicyclic) bond motifs is 1. The number of nitrogens with zero attached hydrogens (tertiary/aromatic N) is 4. The second kappa shape index (κ2) is 6.87. The first-order valence-corrected chi connectivity index (χ1v) is 10.0. The molecule has 2 aliphatic rings. The molecule has 0 N–H and O–H groups in total. The Hall–Kier alpha value is -1.89. The van der Waals surface area contributed by atoms with Gasteiger partial charge < -0.3 is 9.64 Å². The molecule has 0 saturated carbocycles. The summed E-state index contributed by atoms with van der Waals surface area (Å²) >= 11 is 12.3. The molecule has 1 amide bonds. The molecule has 148 valence electrons. The van der Waals surface area contributed by atoms with Crippen molar-refractivity contribution in [3.63, 3.8) is 0 Å². The molecule has 0 radical (unpaired) electrons. The normalized spacial score (nSPS) is 23.9. The van der Waals surface area contributed by atoms with Crippen molar-refractivity contribution in [2.45, 2.75) is 45.3 Å². The van der Waals surface area contributed by atoms with Gasteiger partial charge in [0, 0.05) is 24.3 Å². The average Bonchev–Trinajstić information content (AvgIpc) is 2.80. The molecule has 1 fully saturated rings. The molecule has 1 saturated heterocycles. The van der Waals surface area contributed by atoms with Gasteiger partial charge in [-0.05, 0) is 63.6 Å². The van der Waals surface area contributed by atoms with Crippen LogP contribution in [-0.2, 0) is 14.9 Å². The van der Waals surface area contributed by atoms with Crippen molar-refractivity contribution in [3.05, 3.63) is 40.3 Å². The van der Waals surface area contributed by atoms with E-state index in [1.807, 2.05) is 38.1 Å². The lowest BCUT2D eigenvalue weighted by molar-refractivity contribution is -0.121. The third-order valence-electron chi connectivity index (χ3n) is 5.29. The van der Waals surface area contributed by atoms with Crippen LogP contribution in [0.25, 0.3) is 0 Å². The van der Waals surface area contributed by atoms with E-state index >= 15 is 0 Å². The zero-order chi connectivity index (χ0) is 20.2. The maximum Gasteiger partial charge on any atom is 0.243 e. The van der Waals surface area contributed by atoms with Gasteiger partial charge in [-0.3, -0.25) is 9.69 Å². The lowest BCUT2D eigenvalue weighted by Crippen LogP contribution is -2.45. The van der Waals surface area contributed by atoms with Gasteiger partial charge in [0.05, 0.1) is 23.3 Å². The number of hydrogen-bond donors (Lipinski definition) is 0. The Morgan fingerprint density at radius 1 is 1.04 bits per heavy atom. The van der Waals surface area contributed by atoms with Gasteiger partial charge >= 0.3 is 0 Å². The number of ether oxygens (including phenoxy) is 1. The highest BCUT2D eigenvalue weighted by Gasteiger charge is 2.48. The third-order valence-corrected chi connectivity index (χ3v) is 5.73. The monoisotopic (exact) mass is 420 g/mol. The lowest BCUT2D eigenvalue weighted by Gasteiger charge is -2.37. The Morgan fingerprint density at radius 3 is 2.21 bits per heavy atom. The second-order valence-corrected chi connectivity index (χ2v) is 8.62. The molecule has 2 aliphatic heterocycles. The van der Waals surface area contributed by atoms with E-state index < -0.39 is 5.41 Å². The number of carbonyl (C=O) groups is 1. The molecule has 1 aromatic heterocycles. The lowest BCUT2D eigenvalue weighted by atomic mass is 9.88. The molecule has 0 spiro atoms. The summed E-state index contributed by atoms with van der Waals surface area (Å²) in [6, 6.07) is 7.88. The van der Waals surface area contributed by atoms with Crippen LogP contribution in [0.2, 0.25) is 10.4 Å². The van der Waals surface area contributed by atoms with Crippen LogP contribution in [0.4, 0.5) is 17.2 Å². The summed E-state index contributed by atoms with van der Waals surface area (Å²) in [5, 5.41) is 0.232. The van der Waals surface area contributed by atoms with Crippen LogP contribution in [0.1, 0.15) is 33.3 Å². The van der Waals surface area contributed by atoms with Gasteiger partial charge in [0.2, 0.25) is 11.2 Å². The van der Waals surface area contributed by atoms with Gasteiger partial charge in [0.15, 0.2) is 5.82 Å². The summed E-state index contributed by atoms with van der Waals surface area (Å²) in [4.78, 5) is 25.3. The minimum atomic E-state index is -0.829. The minimum Gasteiger partial charge on any atom is -0.372 e. The summed E-state index contributed by atoms with van der Waals surface area (Å²) in [6.45, 7) is 9.46. The fourth-order valence-corrected chi connectivity index (χ4v) is 4.63. The van der Waals surface area contributed by atoms with E-state index in [-0.39, 0.29) is 28.6 Å². The van der Waals surface area contributed by atoms with E-state index in [0.29, 0.717) is 11.4 Å². The van der Waals surface area contributed by atoms with E-state index in [4.69, 9.17) is 27.9 Å². The van der Waals surface area contributed by atoms with Crippen molar-refractivity contribution in [1.29, 1.82) is 0 Å². The zero-order valence-corrected chi connectivity index (χ0v) is 17.8. The third kappa shape index (κ3) is 3.13. The molecule has 3 heterocycles. The first-order valence-electron chi connectivity index (χ1n) is 9.27. The van der Waals surface area contributed by atoms with Crippen molar-refractivity contribution in [3.8, 4) is 0 Å². The number of carbonyl (C=O) groups excluding carboxylic acids is 1. The maximum atomic E-state index is 13.2. The first-order chi connectivity index (χ1) is 13.2. The number of anilines is 3. The number of morpholine rings is 1. The van der Waals surface area contributed by atoms with Crippen molar-refractivity contribution < 1.29 is 9.53 Å². The van der Waals surface area contributed by atoms with Crippen molar-refractivity contribution >= 4 is 46.3 Å². The van der Waals surface area contributed by atoms with E-state index in [1.54, 1.807) is 4.90 Å². The predicted molar refractivity (Wildman–Crippen MR) is 111 cm³/mol. The van der Waals surface area contributed by atoms with Gasteiger partial charge in [-0.25, -0.2) is 4.98 Å². The summed E-state index contributed by atoms with van der Waals surface area (Å²) in [5.41, 5.74) is 1.59. The predicted octanol–water partition coefficient (Wildman–Crippen LogP) is 4.35. The Balaban J connectivity index is 1.70. The van der Waals surface area contributed by atoms with E-state index in [9.17, 15) is 4.79 Å². The zero-order valence-electron chi connectivity index (χ0n) is 16.2. The van der Waals surface area contributed by atoms with Gasteiger partial charge in [-0.1, -0.05) is 11.6 Å². The van der Waals surface area contributed by atoms with Crippen molar-refractivity contribution in [1.82, 2.24) is 9.97 Å². The fourth-order valence-electron chi connectivity index (χ4n) is 4.02. The molecule has 4 rings (SSSR count). The van der Waals surface area contributed by atoms with Crippen LogP contribution in [0.3, 0.4) is 0 Å². The standard InChI is InChI=1S/C20H22Cl2N4O2/c1-11-9-25(10-12(2)28-11)13-5-7-14(8-6-13)26-17-15(20(3,4)18(26)27)16(21)23-19(22)24-17/h5-8,11-12H,9-10H2,1-4H3/t11-,12+. The van der Waals surface area contributed by atoms with Crippen LogP contribution in [0, 0.1) is 0 Å². The second-order valence-electron chi connectivity index (χ2n) is 7.93. The van der Waals surface area contributed by atoms with Gasteiger partial charge in [-0.2, -0.15) is 4.98 Å². The number of hydrogen-bond acceptors (Lipinski definition) is 5. The SMILES string of the molecule is C[C@@H]1CN(c2ccc(N3C(=O)C(C)(C)c4c(Cl)nc(Cl)nc43)cc2)C[C@H](C)O1. The largest absolute Gasteiger partial charge is 0.372 e. The number of rotatable bonds is 2. The smallest absolute Gasteiger partial charge is 0.243 e. The molecule has 0 aliphatic carbocycles. The number of aromatic nitrogens is 2.